The van der Waals surface area contributed by atoms with E-state index in [1.54, 1.807) is 6.20 Å². The van der Waals surface area contributed by atoms with Gasteiger partial charge in [0.15, 0.2) is 0 Å². The van der Waals surface area contributed by atoms with Gasteiger partial charge in [-0.05, 0) is 37.5 Å². The van der Waals surface area contributed by atoms with Gasteiger partial charge in [-0.15, -0.1) is 12.4 Å². The van der Waals surface area contributed by atoms with E-state index in [9.17, 15) is 14.9 Å². The van der Waals surface area contributed by atoms with Crippen LogP contribution in [0.2, 0.25) is 0 Å². The third-order valence-electron chi connectivity index (χ3n) is 4.76. The van der Waals surface area contributed by atoms with Crippen molar-refractivity contribution in [2.75, 3.05) is 37.6 Å². The van der Waals surface area contributed by atoms with E-state index in [1.165, 1.54) is 16.8 Å². The van der Waals surface area contributed by atoms with Crippen LogP contribution in [0.4, 0.5) is 5.69 Å². The highest BCUT2D eigenvalue weighted by Crippen LogP contribution is 2.24. The minimum atomic E-state index is -0.901. The first kappa shape index (κ1) is 23.3. The second kappa shape index (κ2) is 11.2. The molecule has 0 saturated carbocycles. The summed E-state index contributed by atoms with van der Waals surface area (Å²) in [5, 5.41) is 20.5. The Morgan fingerprint density at radius 2 is 1.93 bits per heavy atom. The van der Waals surface area contributed by atoms with Crippen LogP contribution in [0, 0.1) is 25.2 Å². The van der Waals surface area contributed by atoms with Crippen molar-refractivity contribution < 1.29 is 14.7 Å². The van der Waals surface area contributed by atoms with Gasteiger partial charge >= 0.3 is 5.97 Å². The lowest BCUT2D eigenvalue weighted by molar-refractivity contribution is -0.137. The Balaban J connectivity index is 0.00000392. The van der Waals surface area contributed by atoms with Crippen molar-refractivity contribution in [3.05, 3.63) is 41.1 Å². The van der Waals surface area contributed by atoms with Crippen molar-refractivity contribution in [3.63, 3.8) is 0 Å². The summed E-state index contributed by atoms with van der Waals surface area (Å²) < 4.78 is 0. The highest BCUT2D eigenvalue weighted by atomic mass is 35.5. The van der Waals surface area contributed by atoms with Crippen LogP contribution in [0.15, 0.2) is 30.0 Å². The van der Waals surface area contributed by atoms with Crippen molar-refractivity contribution in [2.45, 2.75) is 26.7 Å². The second-order valence-electron chi connectivity index (χ2n) is 6.65. The summed E-state index contributed by atoms with van der Waals surface area (Å²) in [5.74, 6) is -1.36. The number of carbonyl (C=O) groups is 2. The van der Waals surface area contributed by atoms with Gasteiger partial charge in [-0.1, -0.05) is 12.1 Å². The van der Waals surface area contributed by atoms with Crippen molar-refractivity contribution >= 4 is 30.0 Å². The minimum Gasteiger partial charge on any atom is -0.481 e. The molecule has 7 nitrogen and oxygen atoms in total. The topological polar surface area (TPSA) is 96.7 Å². The molecule has 2 N–H and O–H groups in total. The number of benzene rings is 1. The van der Waals surface area contributed by atoms with Crippen molar-refractivity contribution in [1.29, 1.82) is 5.26 Å². The highest BCUT2D eigenvalue weighted by molar-refractivity contribution is 5.97. The monoisotopic (exact) mass is 406 g/mol. The summed E-state index contributed by atoms with van der Waals surface area (Å²) in [6.45, 7) is 7.56. The van der Waals surface area contributed by atoms with Gasteiger partial charge in [0.2, 0.25) is 0 Å². The first-order valence-electron chi connectivity index (χ1n) is 9.09. The van der Waals surface area contributed by atoms with Crippen molar-refractivity contribution in [3.8, 4) is 6.07 Å². The van der Waals surface area contributed by atoms with Crippen LogP contribution in [0.25, 0.3) is 0 Å². The zero-order valence-electron chi connectivity index (χ0n) is 16.3. The first-order valence-corrected chi connectivity index (χ1v) is 9.09. The Kier molecular flexibility index (Phi) is 9.33. The molecule has 152 valence electrons. The van der Waals surface area contributed by atoms with E-state index in [2.05, 4.69) is 42.3 Å². The molecular formula is C20H27ClN4O3. The molecule has 0 radical (unpaired) electrons. The molecule has 1 saturated heterocycles. The number of nitriles is 1. The van der Waals surface area contributed by atoms with Gasteiger partial charge in [-0.2, -0.15) is 5.26 Å². The molecule has 1 fully saturated rings. The molecule has 0 spiro atoms. The lowest BCUT2D eigenvalue weighted by Gasteiger charge is -2.36. The van der Waals surface area contributed by atoms with Crippen LogP contribution in [0.5, 0.6) is 0 Å². The van der Waals surface area contributed by atoms with Crippen LogP contribution in [-0.2, 0) is 9.59 Å². The van der Waals surface area contributed by atoms with E-state index in [-0.39, 0.29) is 30.9 Å². The minimum absolute atomic E-state index is 0. The number of aryl methyl sites for hydroxylation is 1. The van der Waals surface area contributed by atoms with Crippen molar-refractivity contribution in [1.82, 2.24) is 10.2 Å². The SMILES string of the molecule is Cc1cccc(N2CCN(/C=C(/C#N)C(=O)NCCCC(=O)O)CC2)c1C.Cl. The Morgan fingerprint density at radius 1 is 1.25 bits per heavy atom. The lowest BCUT2D eigenvalue weighted by Crippen LogP contribution is -2.44. The number of amides is 1. The predicted octanol–water partition coefficient (Wildman–Crippen LogP) is 2.24. The number of rotatable bonds is 7. The van der Waals surface area contributed by atoms with Gasteiger partial charge in [0.25, 0.3) is 5.91 Å². The maximum Gasteiger partial charge on any atom is 0.303 e. The summed E-state index contributed by atoms with van der Waals surface area (Å²) >= 11 is 0. The van der Waals surface area contributed by atoms with Gasteiger partial charge in [-0.25, -0.2) is 0 Å². The summed E-state index contributed by atoms with van der Waals surface area (Å²) in [6.07, 6.45) is 1.94. The number of anilines is 1. The number of carboxylic acid groups (broad SMARTS) is 1. The molecule has 1 heterocycles. The van der Waals surface area contributed by atoms with Gasteiger partial charge in [-0.3, -0.25) is 9.59 Å². The maximum atomic E-state index is 12.1. The number of halogens is 1. The van der Waals surface area contributed by atoms with E-state index >= 15 is 0 Å². The molecule has 1 aliphatic heterocycles. The van der Waals surface area contributed by atoms with E-state index in [0.29, 0.717) is 6.42 Å². The molecule has 28 heavy (non-hydrogen) atoms. The number of piperazine rings is 1. The van der Waals surface area contributed by atoms with Crippen LogP contribution in [0.3, 0.4) is 0 Å². The quantitative estimate of drug-likeness (QED) is 0.409. The van der Waals surface area contributed by atoms with Crippen LogP contribution < -0.4 is 10.2 Å². The Labute approximate surface area is 172 Å². The van der Waals surface area contributed by atoms with Gasteiger partial charge < -0.3 is 20.2 Å². The number of carboxylic acids is 1. The number of nitrogens with one attached hydrogen (secondary N) is 1. The Morgan fingerprint density at radius 3 is 2.54 bits per heavy atom. The second-order valence-corrected chi connectivity index (χ2v) is 6.65. The number of aliphatic carboxylic acids is 1. The Hall–Kier alpha value is -2.72. The molecule has 1 aromatic carbocycles. The summed E-state index contributed by atoms with van der Waals surface area (Å²) in [5.41, 5.74) is 3.82. The van der Waals surface area contributed by atoms with Crippen molar-refractivity contribution in [2.24, 2.45) is 0 Å². The van der Waals surface area contributed by atoms with E-state index in [1.807, 2.05) is 11.0 Å². The standard InChI is InChI=1S/C20H26N4O3.ClH/c1-15-5-3-6-18(16(15)2)24-11-9-23(10-12-24)14-17(13-21)20(27)22-8-4-7-19(25)26;/h3,5-6,14H,4,7-12H2,1-2H3,(H,22,27)(H,25,26);1H/b17-14-;. The zero-order valence-corrected chi connectivity index (χ0v) is 17.1. The molecule has 0 bridgehead atoms. The number of hydrogen-bond donors (Lipinski definition) is 2. The van der Waals surface area contributed by atoms with Gasteiger partial charge in [0.05, 0.1) is 0 Å². The third-order valence-corrected chi connectivity index (χ3v) is 4.76. The average Bonchev–Trinajstić information content (AvgIpc) is 2.65. The lowest BCUT2D eigenvalue weighted by atomic mass is 10.1. The summed E-state index contributed by atoms with van der Waals surface area (Å²) in [7, 11) is 0. The molecular weight excluding hydrogens is 380 g/mol. The fourth-order valence-corrected chi connectivity index (χ4v) is 3.03. The molecule has 0 atom stereocenters. The largest absolute Gasteiger partial charge is 0.481 e. The molecule has 0 unspecified atom stereocenters. The van der Waals surface area contributed by atoms with E-state index < -0.39 is 11.9 Å². The smallest absolute Gasteiger partial charge is 0.303 e. The van der Waals surface area contributed by atoms with Gasteiger partial charge in [0.1, 0.15) is 11.6 Å². The molecule has 1 amide bonds. The van der Waals surface area contributed by atoms with E-state index in [0.717, 1.165) is 26.2 Å². The Bertz CT molecular complexity index is 765. The van der Waals surface area contributed by atoms with Crippen LogP contribution >= 0.6 is 12.4 Å². The number of nitrogens with zero attached hydrogens (tertiary/aromatic N) is 3. The summed E-state index contributed by atoms with van der Waals surface area (Å²) in [4.78, 5) is 26.9. The fraction of sp³-hybridized carbons (Fsp3) is 0.450. The van der Waals surface area contributed by atoms with Crippen LogP contribution in [-0.4, -0.2) is 54.6 Å². The van der Waals surface area contributed by atoms with E-state index in [4.69, 9.17) is 5.11 Å². The third kappa shape index (κ3) is 6.46. The summed E-state index contributed by atoms with van der Waals surface area (Å²) in [6, 6.07) is 8.23. The maximum absolute atomic E-state index is 12.1. The number of carbonyl (C=O) groups excluding carboxylic acids is 1. The molecule has 0 aliphatic carbocycles. The fourth-order valence-electron chi connectivity index (χ4n) is 3.03. The first-order chi connectivity index (χ1) is 12.9. The molecule has 1 aromatic rings. The molecule has 1 aliphatic rings. The normalized spacial score (nSPS) is 14.1. The number of hydrogen-bond acceptors (Lipinski definition) is 5. The van der Waals surface area contributed by atoms with Crippen LogP contribution in [0.1, 0.15) is 24.0 Å². The predicted molar refractivity (Wildman–Crippen MR) is 111 cm³/mol. The molecule has 0 aromatic heterocycles. The highest BCUT2D eigenvalue weighted by Gasteiger charge is 2.19. The molecule has 2 rings (SSSR count). The zero-order chi connectivity index (χ0) is 19.8. The van der Waals surface area contributed by atoms with Gasteiger partial charge in [0, 0.05) is 51.0 Å². The molecule has 8 heteroatoms. The average molecular weight is 407 g/mol.